The van der Waals surface area contributed by atoms with Crippen LogP contribution in [0, 0.1) is 20.2 Å². The predicted octanol–water partition coefficient (Wildman–Crippen LogP) is 2.61. The first-order valence-corrected chi connectivity index (χ1v) is 6.52. The second kappa shape index (κ2) is 5.37. The minimum atomic E-state index is -0.702. The number of non-ortho nitro benzene ring substituents is 2. The topological polar surface area (TPSA) is 124 Å². The van der Waals surface area contributed by atoms with Gasteiger partial charge in [0, 0.05) is 11.6 Å². The van der Waals surface area contributed by atoms with Gasteiger partial charge in [-0.05, 0) is 6.07 Å². The number of aromatic hydroxyl groups is 1. The lowest BCUT2D eigenvalue weighted by molar-refractivity contribution is -0.393. The van der Waals surface area contributed by atoms with Crippen LogP contribution in [-0.2, 0) is 6.54 Å². The number of fused-ring (bicyclic) bond motifs is 1. The van der Waals surface area contributed by atoms with E-state index in [1.807, 2.05) is 0 Å². The van der Waals surface area contributed by atoms with Crippen molar-refractivity contribution in [2.24, 2.45) is 0 Å². The first-order chi connectivity index (χ1) is 11.0. The quantitative estimate of drug-likeness (QED) is 0.583. The SMILES string of the molecule is O=[N+]([O-])c1cc([N+](=O)[O-])c2ncn(Cc3ccccc3O)c2c1. The van der Waals surface area contributed by atoms with Crippen molar-refractivity contribution in [1.29, 1.82) is 0 Å². The molecule has 116 valence electrons. The Morgan fingerprint density at radius 2 is 1.87 bits per heavy atom. The number of para-hydroxylation sites is 1. The Labute approximate surface area is 128 Å². The highest BCUT2D eigenvalue weighted by Crippen LogP contribution is 2.30. The minimum Gasteiger partial charge on any atom is -0.508 e. The first-order valence-electron chi connectivity index (χ1n) is 6.52. The number of aromatic nitrogens is 2. The largest absolute Gasteiger partial charge is 0.508 e. The van der Waals surface area contributed by atoms with Crippen LogP contribution in [0.3, 0.4) is 0 Å². The molecule has 1 N–H and O–H groups in total. The Hall–Kier alpha value is -3.49. The van der Waals surface area contributed by atoms with Gasteiger partial charge in [0.05, 0.1) is 34.3 Å². The van der Waals surface area contributed by atoms with Crippen molar-refractivity contribution in [3.63, 3.8) is 0 Å². The van der Waals surface area contributed by atoms with Crippen LogP contribution in [0.25, 0.3) is 11.0 Å². The Morgan fingerprint density at radius 3 is 2.52 bits per heavy atom. The van der Waals surface area contributed by atoms with Crippen LogP contribution in [-0.4, -0.2) is 24.5 Å². The van der Waals surface area contributed by atoms with E-state index in [2.05, 4.69) is 4.98 Å². The Kier molecular flexibility index (Phi) is 3.37. The monoisotopic (exact) mass is 314 g/mol. The molecule has 23 heavy (non-hydrogen) atoms. The lowest BCUT2D eigenvalue weighted by Gasteiger charge is -2.06. The predicted molar refractivity (Wildman–Crippen MR) is 80.3 cm³/mol. The van der Waals surface area contributed by atoms with Gasteiger partial charge in [-0.2, -0.15) is 0 Å². The summed E-state index contributed by atoms with van der Waals surface area (Å²) in [5.41, 5.74) is 0.0830. The number of nitro groups is 2. The molecule has 0 saturated heterocycles. The van der Waals surface area contributed by atoms with Gasteiger partial charge in [0.25, 0.3) is 5.69 Å². The van der Waals surface area contributed by atoms with Crippen molar-refractivity contribution in [2.45, 2.75) is 6.54 Å². The van der Waals surface area contributed by atoms with Crippen LogP contribution in [0.1, 0.15) is 5.56 Å². The van der Waals surface area contributed by atoms with E-state index in [1.165, 1.54) is 23.0 Å². The molecular weight excluding hydrogens is 304 g/mol. The molecular formula is C14H10N4O5. The molecule has 0 amide bonds. The van der Waals surface area contributed by atoms with E-state index in [-0.39, 0.29) is 29.0 Å². The van der Waals surface area contributed by atoms with Crippen molar-refractivity contribution in [1.82, 2.24) is 9.55 Å². The number of hydrogen-bond acceptors (Lipinski definition) is 6. The third-order valence-electron chi connectivity index (χ3n) is 3.43. The standard InChI is InChI=1S/C14H10N4O5/c19-13-4-2-1-3-9(13)7-16-8-15-14-11(16)5-10(17(20)21)6-12(14)18(22)23/h1-6,8,19H,7H2. The smallest absolute Gasteiger partial charge is 0.303 e. The average molecular weight is 314 g/mol. The van der Waals surface area contributed by atoms with E-state index in [0.29, 0.717) is 5.56 Å². The normalized spacial score (nSPS) is 10.8. The molecule has 0 atom stereocenters. The molecule has 0 aliphatic carbocycles. The van der Waals surface area contributed by atoms with Crippen molar-refractivity contribution < 1.29 is 15.0 Å². The molecule has 0 radical (unpaired) electrons. The lowest BCUT2D eigenvalue weighted by atomic mass is 10.2. The van der Waals surface area contributed by atoms with Gasteiger partial charge in [-0.3, -0.25) is 20.2 Å². The van der Waals surface area contributed by atoms with Crippen molar-refractivity contribution in [3.05, 3.63) is 68.5 Å². The first kappa shape index (κ1) is 14.4. The zero-order valence-corrected chi connectivity index (χ0v) is 11.6. The van der Waals surface area contributed by atoms with Crippen LogP contribution in [0.15, 0.2) is 42.7 Å². The fourth-order valence-corrected chi connectivity index (χ4v) is 2.33. The minimum absolute atomic E-state index is 0.0641. The zero-order valence-electron chi connectivity index (χ0n) is 11.6. The molecule has 9 nitrogen and oxygen atoms in total. The molecule has 0 aliphatic heterocycles. The lowest BCUT2D eigenvalue weighted by Crippen LogP contribution is -2.00. The highest BCUT2D eigenvalue weighted by atomic mass is 16.6. The molecule has 1 heterocycles. The summed E-state index contributed by atoms with van der Waals surface area (Å²) >= 11 is 0. The zero-order chi connectivity index (χ0) is 16.6. The van der Waals surface area contributed by atoms with Gasteiger partial charge < -0.3 is 9.67 Å². The number of nitrogens with zero attached hydrogens (tertiary/aromatic N) is 4. The maximum absolute atomic E-state index is 11.1. The summed E-state index contributed by atoms with van der Waals surface area (Å²) in [4.78, 5) is 24.7. The summed E-state index contributed by atoms with van der Waals surface area (Å²) < 4.78 is 1.52. The Bertz CT molecular complexity index is 934. The molecule has 0 spiro atoms. The number of phenolic OH excluding ortho intramolecular Hbond substituents is 1. The van der Waals surface area contributed by atoms with Gasteiger partial charge >= 0.3 is 5.69 Å². The molecule has 9 heteroatoms. The summed E-state index contributed by atoms with van der Waals surface area (Å²) in [6.45, 7) is 0.182. The number of hydrogen-bond donors (Lipinski definition) is 1. The Balaban J connectivity index is 2.17. The summed E-state index contributed by atoms with van der Waals surface area (Å²) in [6.07, 6.45) is 1.35. The highest BCUT2D eigenvalue weighted by molar-refractivity contribution is 5.87. The molecule has 3 aromatic rings. The van der Waals surface area contributed by atoms with Gasteiger partial charge in [-0.1, -0.05) is 18.2 Å². The summed E-state index contributed by atoms with van der Waals surface area (Å²) in [6, 6.07) is 8.72. The van der Waals surface area contributed by atoms with E-state index in [9.17, 15) is 25.3 Å². The van der Waals surface area contributed by atoms with E-state index in [4.69, 9.17) is 0 Å². The third kappa shape index (κ3) is 2.55. The number of nitro benzene ring substituents is 2. The van der Waals surface area contributed by atoms with Gasteiger partial charge in [0.15, 0.2) is 5.52 Å². The Morgan fingerprint density at radius 1 is 1.13 bits per heavy atom. The van der Waals surface area contributed by atoms with E-state index >= 15 is 0 Å². The summed E-state index contributed by atoms with van der Waals surface area (Å²) in [7, 11) is 0. The van der Waals surface area contributed by atoms with Crippen molar-refractivity contribution >= 4 is 22.4 Å². The summed E-state index contributed by atoms with van der Waals surface area (Å²) in [5.74, 6) is 0.0641. The molecule has 1 aromatic heterocycles. The molecule has 0 bridgehead atoms. The van der Waals surface area contributed by atoms with Gasteiger partial charge in [0.2, 0.25) is 0 Å². The fraction of sp³-hybridized carbons (Fsp3) is 0.0714. The molecule has 2 aromatic carbocycles. The van der Waals surface area contributed by atoms with Crippen LogP contribution in [0.4, 0.5) is 11.4 Å². The molecule has 0 saturated carbocycles. The number of imidazole rings is 1. The molecule has 0 fully saturated rings. The van der Waals surface area contributed by atoms with E-state index in [1.54, 1.807) is 18.2 Å². The number of rotatable bonds is 4. The maximum Gasteiger partial charge on any atom is 0.303 e. The van der Waals surface area contributed by atoms with E-state index in [0.717, 1.165) is 6.07 Å². The number of phenols is 1. The van der Waals surface area contributed by atoms with Gasteiger partial charge in [0.1, 0.15) is 5.75 Å². The fourth-order valence-electron chi connectivity index (χ4n) is 2.33. The molecule has 0 aliphatic rings. The number of benzene rings is 2. The average Bonchev–Trinajstić information content (AvgIpc) is 2.91. The second-order valence-corrected chi connectivity index (χ2v) is 4.85. The second-order valence-electron chi connectivity index (χ2n) is 4.85. The van der Waals surface area contributed by atoms with E-state index < -0.39 is 15.5 Å². The van der Waals surface area contributed by atoms with Gasteiger partial charge in [-0.15, -0.1) is 0 Å². The molecule has 0 unspecified atom stereocenters. The van der Waals surface area contributed by atoms with Crippen molar-refractivity contribution in [2.75, 3.05) is 0 Å². The highest BCUT2D eigenvalue weighted by Gasteiger charge is 2.22. The van der Waals surface area contributed by atoms with Crippen LogP contribution in [0.5, 0.6) is 5.75 Å². The summed E-state index contributed by atoms with van der Waals surface area (Å²) in [5, 5.41) is 31.9. The van der Waals surface area contributed by atoms with Crippen LogP contribution in [0.2, 0.25) is 0 Å². The van der Waals surface area contributed by atoms with Crippen molar-refractivity contribution in [3.8, 4) is 5.75 Å². The van der Waals surface area contributed by atoms with Gasteiger partial charge in [-0.25, -0.2) is 4.98 Å². The maximum atomic E-state index is 11.1. The third-order valence-corrected chi connectivity index (χ3v) is 3.43. The van der Waals surface area contributed by atoms with Crippen LogP contribution >= 0.6 is 0 Å². The van der Waals surface area contributed by atoms with Crippen LogP contribution < -0.4 is 0 Å². The molecule has 3 rings (SSSR count).